The first-order valence-corrected chi connectivity index (χ1v) is 4.22. The Labute approximate surface area is 81.3 Å². The molecule has 14 heavy (non-hydrogen) atoms. The van der Waals surface area contributed by atoms with Gasteiger partial charge in [-0.1, -0.05) is 0 Å². The molecule has 0 fully saturated rings. The molecule has 5 nitrogen and oxygen atoms in total. The van der Waals surface area contributed by atoms with Gasteiger partial charge in [0.25, 0.3) is 0 Å². The third-order valence-electron chi connectivity index (χ3n) is 1.62. The van der Waals surface area contributed by atoms with Crippen molar-refractivity contribution in [3.8, 4) is 0 Å². The van der Waals surface area contributed by atoms with Crippen LogP contribution in [0.5, 0.6) is 0 Å². The smallest absolute Gasteiger partial charge is 0.222 e. The van der Waals surface area contributed by atoms with Crippen molar-refractivity contribution in [3.05, 3.63) is 42.5 Å². The number of rotatable bonds is 3. The zero-order valence-electron chi connectivity index (χ0n) is 7.46. The van der Waals surface area contributed by atoms with Crippen LogP contribution in [0, 0.1) is 0 Å². The number of hydrogen-bond donors (Lipinski definition) is 1. The minimum absolute atomic E-state index is 0.581. The molecule has 2 rings (SSSR count). The van der Waals surface area contributed by atoms with Crippen molar-refractivity contribution in [3.63, 3.8) is 0 Å². The van der Waals surface area contributed by atoms with E-state index >= 15 is 0 Å². The molecule has 0 aliphatic rings. The first kappa shape index (κ1) is 8.55. The van der Waals surface area contributed by atoms with Crippen molar-refractivity contribution in [1.82, 2.24) is 20.2 Å². The van der Waals surface area contributed by atoms with Crippen LogP contribution in [-0.4, -0.2) is 20.2 Å². The number of nitrogens with one attached hydrogen (secondary N) is 1. The molecule has 5 heteroatoms. The SMILES string of the molecule is c1cnc(NCc2cccnn2)nc1. The summed E-state index contributed by atoms with van der Waals surface area (Å²) in [6.07, 6.45) is 5.01. The van der Waals surface area contributed by atoms with Gasteiger partial charge >= 0.3 is 0 Å². The summed E-state index contributed by atoms with van der Waals surface area (Å²) in [7, 11) is 0. The summed E-state index contributed by atoms with van der Waals surface area (Å²) in [5, 5.41) is 10.7. The average Bonchev–Trinajstić information content (AvgIpc) is 2.29. The molecule has 0 saturated heterocycles. The first-order valence-electron chi connectivity index (χ1n) is 4.22. The Morgan fingerprint density at radius 1 is 1.07 bits per heavy atom. The van der Waals surface area contributed by atoms with Crippen LogP contribution in [0.3, 0.4) is 0 Å². The van der Waals surface area contributed by atoms with Crippen molar-refractivity contribution < 1.29 is 0 Å². The van der Waals surface area contributed by atoms with Crippen LogP contribution in [0.4, 0.5) is 5.95 Å². The molecular formula is C9H9N5. The monoisotopic (exact) mass is 187 g/mol. The topological polar surface area (TPSA) is 63.6 Å². The van der Waals surface area contributed by atoms with Gasteiger partial charge in [-0.15, -0.1) is 0 Å². The van der Waals surface area contributed by atoms with E-state index in [4.69, 9.17) is 0 Å². The lowest BCUT2D eigenvalue weighted by Crippen LogP contribution is -2.04. The zero-order valence-corrected chi connectivity index (χ0v) is 7.46. The van der Waals surface area contributed by atoms with Crippen LogP contribution < -0.4 is 5.32 Å². The molecule has 0 spiro atoms. The summed E-state index contributed by atoms with van der Waals surface area (Å²) >= 11 is 0. The van der Waals surface area contributed by atoms with E-state index in [1.54, 1.807) is 24.7 Å². The fourth-order valence-corrected chi connectivity index (χ4v) is 0.988. The van der Waals surface area contributed by atoms with Gasteiger partial charge in [0.05, 0.1) is 12.2 Å². The molecule has 0 saturated carbocycles. The molecule has 0 bridgehead atoms. The molecule has 2 heterocycles. The number of aromatic nitrogens is 4. The summed E-state index contributed by atoms with van der Waals surface area (Å²) in [5.41, 5.74) is 0.861. The highest BCUT2D eigenvalue weighted by molar-refractivity contribution is 5.23. The number of anilines is 1. The first-order chi connectivity index (χ1) is 6.95. The Kier molecular flexibility index (Phi) is 2.61. The molecule has 0 aliphatic carbocycles. The molecule has 70 valence electrons. The fourth-order valence-electron chi connectivity index (χ4n) is 0.988. The van der Waals surface area contributed by atoms with Crippen molar-refractivity contribution in [2.75, 3.05) is 5.32 Å². The Morgan fingerprint density at radius 3 is 2.64 bits per heavy atom. The third kappa shape index (κ3) is 2.22. The fraction of sp³-hybridized carbons (Fsp3) is 0.111. The van der Waals surface area contributed by atoms with Crippen LogP contribution in [-0.2, 0) is 6.54 Å². The quantitative estimate of drug-likeness (QED) is 0.772. The lowest BCUT2D eigenvalue weighted by atomic mass is 10.4. The summed E-state index contributed by atoms with van der Waals surface area (Å²) in [6.45, 7) is 0.581. The molecule has 0 amide bonds. The van der Waals surface area contributed by atoms with E-state index in [1.165, 1.54) is 0 Å². The molecule has 0 radical (unpaired) electrons. The van der Waals surface area contributed by atoms with E-state index in [1.807, 2.05) is 12.1 Å². The van der Waals surface area contributed by atoms with E-state index in [2.05, 4.69) is 25.5 Å². The van der Waals surface area contributed by atoms with Gasteiger partial charge in [0, 0.05) is 18.6 Å². The molecule has 2 aromatic heterocycles. The van der Waals surface area contributed by atoms with Crippen LogP contribution in [0.25, 0.3) is 0 Å². The summed E-state index contributed by atoms with van der Waals surface area (Å²) in [5.74, 6) is 0.596. The van der Waals surface area contributed by atoms with Crippen molar-refractivity contribution in [2.45, 2.75) is 6.54 Å². The second kappa shape index (κ2) is 4.27. The van der Waals surface area contributed by atoms with Crippen LogP contribution >= 0.6 is 0 Å². The lowest BCUT2D eigenvalue weighted by Gasteiger charge is -2.01. The average molecular weight is 187 g/mol. The second-order valence-corrected chi connectivity index (χ2v) is 2.64. The Hall–Kier alpha value is -2.04. The van der Waals surface area contributed by atoms with Crippen molar-refractivity contribution >= 4 is 5.95 Å². The highest BCUT2D eigenvalue weighted by Gasteiger charge is 1.95. The van der Waals surface area contributed by atoms with Gasteiger partial charge in [-0.2, -0.15) is 10.2 Å². The summed E-state index contributed by atoms with van der Waals surface area (Å²) in [4.78, 5) is 8.05. The van der Waals surface area contributed by atoms with E-state index in [-0.39, 0.29) is 0 Å². The molecule has 0 unspecified atom stereocenters. The van der Waals surface area contributed by atoms with Gasteiger partial charge in [-0.25, -0.2) is 9.97 Å². The Morgan fingerprint density at radius 2 is 1.93 bits per heavy atom. The van der Waals surface area contributed by atoms with Crippen molar-refractivity contribution in [2.24, 2.45) is 0 Å². The van der Waals surface area contributed by atoms with Gasteiger partial charge in [-0.3, -0.25) is 0 Å². The molecule has 0 atom stereocenters. The van der Waals surface area contributed by atoms with Gasteiger partial charge in [0.2, 0.25) is 5.95 Å². The number of nitrogens with zero attached hydrogens (tertiary/aromatic N) is 4. The lowest BCUT2D eigenvalue weighted by molar-refractivity contribution is 0.913. The molecule has 2 aromatic rings. The van der Waals surface area contributed by atoms with E-state index < -0.39 is 0 Å². The van der Waals surface area contributed by atoms with E-state index in [0.717, 1.165) is 5.69 Å². The Balaban J connectivity index is 1.96. The van der Waals surface area contributed by atoms with Crippen LogP contribution in [0.2, 0.25) is 0 Å². The largest absolute Gasteiger partial charge is 0.348 e. The molecular weight excluding hydrogens is 178 g/mol. The minimum Gasteiger partial charge on any atom is -0.348 e. The normalized spacial score (nSPS) is 9.71. The highest BCUT2D eigenvalue weighted by Crippen LogP contribution is 1.97. The Bertz CT molecular complexity index is 335. The summed E-state index contributed by atoms with van der Waals surface area (Å²) in [6, 6.07) is 5.51. The van der Waals surface area contributed by atoms with Crippen LogP contribution in [0.1, 0.15) is 5.69 Å². The van der Waals surface area contributed by atoms with E-state index in [0.29, 0.717) is 12.5 Å². The van der Waals surface area contributed by atoms with Crippen molar-refractivity contribution in [1.29, 1.82) is 0 Å². The summed E-state index contributed by atoms with van der Waals surface area (Å²) < 4.78 is 0. The predicted molar refractivity (Wildman–Crippen MR) is 51.4 cm³/mol. The highest BCUT2D eigenvalue weighted by atomic mass is 15.1. The molecule has 1 N–H and O–H groups in total. The maximum Gasteiger partial charge on any atom is 0.222 e. The van der Waals surface area contributed by atoms with Gasteiger partial charge in [-0.05, 0) is 18.2 Å². The van der Waals surface area contributed by atoms with Gasteiger partial charge in [0.15, 0.2) is 0 Å². The van der Waals surface area contributed by atoms with Gasteiger partial charge < -0.3 is 5.32 Å². The second-order valence-electron chi connectivity index (χ2n) is 2.64. The van der Waals surface area contributed by atoms with Gasteiger partial charge in [0.1, 0.15) is 0 Å². The van der Waals surface area contributed by atoms with Crippen LogP contribution in [0.15, 0.2) is 36.8 Å². The maximum atomic E-state index is 4.02. The standard InChI is InChI=1S/C9H9N5/c1-3-8(14-13-6-1)7-12-9-10-4-2-5-11-9/h1-6H,7H2,(H,10,11,12). The third-order valence-corrected chi connectivity index (χ3v) is 1.62. The number of hydrogen-bond acceptors (Lipinski definition) is 5. The minimum atomic E-state index is 0.581. The molecule has 0 aliphatic heterocycles. The molecule has 0 aromatic carbocycles. The maximum absolute atomic E-state index is 4.02. The predicted octanol–water partition coefficient (Wildman–Crippen LogP) is 0.879. The zero-order chi connectivity index (χ0) is 9.64. The van der Waals surface area contributed by atoms with E-state index in [9.17, 15) is 0 Å².